The molecule has 1 amide bonds. The predicted octanol–water partition coefficient (Wildman–Crippen LogP) is 4.41. The number of aliphatic hydroxyl groups is 1. The molecule has 0 radical (unpaired) electrons. The van der Waals surface area contributed by atoms with Crippen molar-refractivity contribution in [1.82, 2.24) is 4.90 Å². The molecule has 2 saturated heterocycles. The Bertz CT molecular complexity index is 878. The normalized spacial score (nSPS) is 26.6. The lowest BCUT2D eigenvalue weighted by Gasteiger charge is -2.43. The third-order valence-electron chi connectivity index (χ3n) is 6.51. The lowest BCUT2D eigenvalue weighted by molar-refractivity contribution is -0.276. The molecule has 2 aliphatic heterocycles. The summed E-state index contributed by atoms with van der Waals surface area (Å²) < 4.78 is 13.0. The molecule has 0 aromatic heterocycles. The SMILES string of the molecule is CC(=O)Nc1ccc([C@@H]2O[C@H](CN3CCCCC3)[C@H](C)[C@H](c3ccc(CO)cc3)O2)cc1. The molecule has 2 aromatic rings. The minimum absolute atomic E-state index is 0.0331. The molecule has 32 heavy (non-hydrogen) atoms. The quantitative estimate of drug-likeness (QED) is 0.699. The molecule has 2 aromatic carbocycles. The number of nitrogens with one attached hydrogen (secondary N) is 1. The fourth-order valence-corrected chi connectivity index (χ4v) is 4.65. The fraction of sp³-hybridized carbons (Fsp3) is 0.500. The zero-order chi connectivity index (χ0) is 22.5. The lowest BCUT2D eigenvalue weighted by Crippen LogP contribution is -2.45. The van der Waals surface area contributed by atoms with Crippen molar-refractivity contribution in [1.29, 1.82) is 0 Å². The Morgan fingerprint density at radius 3 is 2.28 bits per heavy atom. The molecule has 6 nitrogen and oxygen atoms in total. The van der Waals surface area contributed by atoms with Gasteiger partial charge in [-0.1, -0.05) is 49.7 Å². The van der Waals surface area contributed by atoms with E-state index in [1.165, 1.54) is 26.2 Å². The molecular weight excluding hydrogens is 404 g/mol. The summed E-state index contributed by atoms with van der Waals surface area (Å²) >= 11 is 0. The highest BCUT2D eigenvalue weighted by molar-refractivity contribution is 5.88. The number of amides is 1. The molecule has 4 rings (SSSR count). The van der Waals surface area contributed by atoms with Crippen LogP contribution in [0.15, 0.2) is 48.5 Å². The Morgan fingerprint density at radius 1 is 1.00 bits per heavy atom. The van der Waals surface area contributed by atoms with E-state index in [0.29, 0.717) is 0 Å². The topological polar surface area (TPSA) is 71.0 Å². The van der Waals surface area contributed by atoms with Gasteiger partial charge in [0.25, 0.3) is 0 Å². The van der Waals surface area contributed by atoms with Crippen molar-refractivity contribution >= 4 is 11.6 Å². The average molecular weight is 439 g/mol. The van der Waals surface area contributed by atoms with E-state index in [0.717, 1.165) is 42.0 Å². The van der Waals surface area contributed by atoms with Crippen LogP contribution in [0.5, 0.6) is 0 Å². The number of likely N-dealkylation sites (tertiary alicyclic amines) is 1. The summed E-state index contributed by atoms with van der Waals surface area (Å²) in [5, 5.41) is 12.2. The molecule has 0 spiro atoms. The minimum Gasteiger partial charge on any atom is -0.392 e. The maximum atomic E-state index is 11.3. The van der Waals surface area contributed by atoms with E-state index < -0.39 is 6.29 Å². The van der Waals surface area contributed by atoms with Gasteiger partial charge < -0.3 is 24.8 Å². The van der Waals surface area contributed by atoms with Crippen LogP contribution in [0.4, 0.5) is 5.69 Å². The van der Waals surface area contributed by atoms with Gasteiger partial charge in [0.15, 0.2) is 6.29 Å². The molecular formula is C26H34N2O4. The third kappa shape index (κ3) is 5.56. The van der Waals surface area contributed by atoms with Crippen LogP contribution in [0.2, 0.25) is 0 Å². The van der Waals surface area contributed by atoms with Crippen LogP contribution in [0.1, 0.15) is 62.2 Å². The standard InChI is InChI=1S/C26H34N2O4/c1-18-24(16-28-14-4-3-5-15-28)31-26(22-10-12-23(13-11-22)27-19(2)30)32-25(18)21-8-6-20(17-29)7-9-21/h6-13,18,24-26,29H,3-5,14-17H2,1-2H3,(H,27,30)/t18-,24+,25+,26+/m0/s1. The summed E-state index contributed by atoms with van der Waals surface area (Å²) in [7, 11) is 0. The zero-order valence-electron chi connectivity index (χ0n) is 19.0. The summed E-state index contributed by atoms with van der Waals surface area (Å²) in [6.45, 7) is 6.89. The molecule has 172 valence electrons. The highest BCUT2D eigenvalue weighted by atomic mass is 16.7. The van der Waals surface area contributed by atoms with Crippen molar-refractivity contribution in [3.05, 3.63) is 65.2 Å². The minimum atomic E-state index is -0.477. The Hall–Kier alpha value is -2.25. The first-order chi connectivity index (χ1) is 15.5. The number of anilines is 1. The van der Waals surface area contributed by atoms with Gasteiger partial charge in [-0.15, -0.1) is 0 Å². The van der Waals surface area contributed by atoms with Crippen LogP contribution in [0, 0.1) is 5.92 Å². The van der Waals surface area contributed by atoms with Crippen molar-refractivity contribution in [2.45, 2.75) is 58.2 Å². The van der Waals surface area contributed by atoms with E-state index in [4.69, 9.17) is 9.47 Å². The lowest BCUT2D eigenvalue weighted by atomic mass is 9.89. The number of carbonyl (C=O) groups is 1. The van der Waals surface area contributed by atoms with Gasteiger partial charge in [0, 0.05) is 30.6 Å². The molecule has 2 fully saturated rings. The number of nitrogens with zero attached hydrogens (tertiary/aromatic N) is 1. The number of aliphatic hydroxyl groups excluding tert-OH is 1. The maximum Gasteiger partial charge on any atom is 0.221 e. The third-order valence-corrected chi connectivity index (χ3v) is 6.51. The van der Waals surface area contributed by atoms with Crippen molar-refractivity contribution in [3.63, 3.8) is 0 Å². The van der Waals surface area contributed by atoms with E-state index in [1.54, 1.807) is 0 Å². The molecule has 4 atom stereocenters. The second kappa shape index (κ2) is 10.6. The second-order valence-corrected chi connectivity index (χ2v) is 8.99. The van der Waals surface area contributed by atoms with Gasteiger partial charge in [-0.25, -0.2) is 0 Å². The monoisotopic (exact) mass is 438 g/mol. The summed E-state index contributed by atoms with van der Waals surface area (Å²) in [5.41, 5.74) is 3.68. The summed E-state index contributed by atoms with van der Waals surface area (Å²) in [6.07, 6.45) is 3.27. The van der Waals surface area contributed by atoms with Crippen LogP contribution in [-0.4, -0.2) is 41.7 Å². The number of piperidine rings is 1. The largest absolute Gasteiger partial charge is 0.392 e. The number of ether oxygens (including phenoxy) is 2. The van der Waals surface area contributed by atoms with E-state index >= 15 is 0 Å². The Morgan fingerprint density at radius 2 is 1.66 bits per heavy atom. The molecule has 2 N–H and O–H groups in total. The van der Waals surface area contributed by atoms with E-state index in [2.05, 4.69) is 17.1 Å². The highest BCUT2D eigenvalue weighted by Gasteiger charge is 2.39. The molecule has 0 saturated carbocycles. The van der Waals surface area contributed by atoms with E-state index in [-0.39, 0.29) is 30.6 Å². The summed E-state index contributed by atoms with van der Waals surface area (Å²) in [6, 6.07) is 15.7. The molecule has 2 aliphatic rings. The van der Waals surface area contributed by atoms with E-state index in [9.17, 15) is 9.90 Å². The first-order valence-electron chi connectivity index (χ1n) is 11.6. The average Bonchev–Trinajstić information content (AvgIpc) is 2.81. The maximum absolute atomic E-state index is 11.3. The second-order valence-electron chi connectivity index (χ2n) is 8.99. The van der Waals surface area contributed by atoms with Crippen molar-refractivity contribution in [3.8, 4) is 0 Å². The first kappa shape index (κ1) is 22.9. The predicted molar refractivity (Wildman–Crippen MR) is 124 cm³/mol. The number of hydrogen-bond donors (Lipinski definition) is 2. The number of rotatable bonds is 6. The Balaban J connectivity index is 1.56. The van der Waals surface area contributed by atoms with Gasteiger partial charge in [-0.2, -0.15) is 0 Å². The smallest absolute Gasteiger partial charge is 0.221 e. The van der Waals surface area contributed by atoms with Crippen LogP contribution < -0.4 is 5.32 Å². The van der Waals surface area contributed by atoms with Crippen molar-refractivity contribution < 1.29 is 19.4 Å². The van der Waals surface area contributed by atoms with Crippen LogP contribution in [0.3, 0.4) is 0 Å². The Labute approximate surface area is 190 Å². The van der Waals surface area contributed by atoms with Crippen molar-refractivity contribution in [2.24, 2.45) is 5.92 Å². The van der Waals surface area contributed by atoms with Gasteiger partial charge in [0.2, 0.25) is 5.91 Å². The van der Waals surface area contributed by atoms with Crippen LogP contribution in [-0.2, 0) is 20.9 Å². The van der Waals surface area contributed by atoms with Gasteiger partial charge in [0.1, 0.15) is 0 Å². The molecule has 0 aliphatic carbocycles. The Kier molecular flexibility index (Phi) is 7.58. The summed E-state index contributed by atoms with van der Waals surface area (Å²) in [5.74, 6) is 0.0940. The first-order valence-corrected chi connectivity index (χ1v) is 11.6. The molecule has 0 unspecified atom stereocenters. The van der Waals surface area contributed by atoms with Gasteiger partial charge in [-0.3, -0.25) is 4.79 Å². The zero-order valence-corrected chi connectivity index (χ0v) is 19.0. The van der Waals surface area contributed by atoms with Gasteiger partial charge >= 0.3 is 0 Å². The number of benzene rings is 2. The van der Waals surface area contributed by atoms with Crippen LogP contribution in [0.25, 0.3) is 0 Å². The highest BCUT2D eigenvalue weighted by Crippen LogP contribution is 2.42. The van der Waals surface area contributed by atoms with Crippen molar-refractivity contribution in [2.75, 3.05) is 25.0 Å². The number of carbonyl (C=O) groups excluding carboxylic acids is 1. The van der Waals surface area contributed by atoms with Crippen LogP contribution >= 0.6 is 0 Å². The fourth-order valence-electron chi connectivity index (χ4n) is 4.65. The van der Waals surface area contributed by atoms with Gasteiger partial charge in [-0.05, 0) is 49.2 Å². The molecule has 2 heterocycles. The van der Waals surface area contributed by atoms with Gasteiger partial charge in [0.05, 0.1) is 18.8 Å². The number of hydrogen-bond acceptors (Lipinski definition) is 5. The molecule has 0 bridgehead atoms. The van der Waals surface area contributed by atoms with E-state index in [1.807, 2.05) is 48.5 Å². The summed E-state index contributed by atoms with van der Waals surface area (Å²) in [4.78, 5) is 13.8. The molecule has 6 heteroatoms.